The molecule has 2 amide bonds. The number of aromatic nitrogens is 1. The van der Waals surface area contributed by atoms with Gasteiger partial charge >= 0.3 is 0 Å². The Bertz CT molecular complexity index is 780. The SMILES string of the molecule is COc1nc(C(=O)N2C[C@H](F)C[C@H]2C(N)=O)cc2ccccc12. The number of rotatable bonds is 3. The van der Waals surface area contributed by atoms with E-state index in [1.165, 1.54) is 7.11 Å². The Kier molecular flexibility index (Phi) is 3.85. The molecule has 0 saturated carbocycles. The van der Waals surface area contributed by atoms with Gasteiger partial charge in [0, 0.05) is 11.8 Å². The molecule has 120 valence electrons. The van der Waals surface area contributed by atoms with Crippen LogP contribution in [-0.4, -0.2) is 47.6 Å². The fourth-order valence-electron chi connectivity index (χ4n) is 2.86. The van der Waals surface area contributed by atoms with Gasteiger partial charge in [-0.1, -0.05) is 18.2 Å². The maximum absolute atomic E-state index is 13.6. The number of halogens is 1. The number of carbonyl (C=O) groups excluding carboxylic acids is 2. The van der Waals surface area contributed by atoms with Crippen molar-refractivity contribution < 1.29 is 18.7 Å². The minimum atomic E-state index is -1.26. The Morgan fingerprint density at radius 2 is 2.13 bits per heavy atom. The first-order valence-corrected chi connectivity index (χ1v) is 7.19. The third kappa shape index (κ3) is 2.69. The van der Waals surface area contributed by atoms with E-state index >= 15 is 0 Å². The number of pyridine rings is 1. The fourth-order valence-corrected chi connectivity index (χ4v) is 2.86. The molecule has 0 bridgehead atoms. The predicted molar refractivity (Wildman–Crippen MR) is 81.8 cm³/mol. The van der Waals surface area contributed by atoms with E-state index in [1.54, 1.807) is 6.07 Å². The molecule has 1 saturated heterocycles. The van der Waals surface area contributed by atoms with Crippen LogP contribution in [0.3, 0.4) is 0 Å². The molecule has 0 spiro atoms. The summed E-state index contributed by atoms with van der Waals surface area (Å²) in [5, 5.41) is 1.54. The first-order valence-electron chi connectivity index (χ1n) is 7.19. The van der Waals surface area contributed by atoms with Gasteiger partial charge in [0.15, 0.2) is 0 Å². The molecule has 1 aromatic heterocycles. The molecule has 2 aromatic rings. The highest BCUT2D eigenvalue weighted by molar-refractivity contribution is 6.00. The summed E-state index contributed by atoms with van der Waals surface area (Å²) in [5.74, 6) is -0.942. The largest absolute Gasteiger partial charge is 0.481 e. The van der Waals surface area contributed by atoms with Gasteiger partial charge in [0.2, 0.25) is 11.8 Å². The first-order chi connectivity index (χ1) is 11.0. The molecule has 2 heterocycles. The Labute approximate surface area is 132 Å². The molecule has 1 fully saturated rings. The van der Waals surface area contributed by atoms with Gasteiger partial charge in [0.05, 0.1) is 13.7 Å². The Morgan fingerprint density at radius 1 is 1.39 bits per heavy atom. The first kappa shape index (κ1) is 15.2. The number of hydrogen-bond acceptors (Lipinski definition) is 4. The summed E-state index contributed by atoms with van der Waals surface area (Å²) in [4.78, 5) is 29.4. The summed E-state index contributed by atoms with van der Waals surface area (Å²) in [5.41, 5.74) is 5.37. The van der Waals surface area contributed by atoms with E-state index in [0.717, 1.165) is 15.7 Å². The zero-order chi connectivity index (χ0) is 16.6. The molecule has 23 heavy (non-hydrogen) atoms. The van der Waals surface area contributed by atoms with Crippen LogP contribution in [0, 0.1) is 0 Å². The number of primary amides is 1. The smallest absolute Gasteiger partial charge is 0.273 e. The lowest BCUT2D eigenvalue weighted by Gasteiger charge is -2.21. The van der Waals surface area contributed by atoms with Crippen LogP contribution in [0.2, 0.25) is 0 Å². The fraction of sp³-hybridized carbons (Fsp3) is 0.312. The van der Waals surface area contributed by atoms with Crippen molar-refractivity contribution in [2.45, 2.75) is 18.6 Å². The van der Waals surface area contributed by atoms with Gasteiger partial charge in [0.25, 0.3) is 5.91 Å². The van der Waals surface area contributed by atoms with Crippen molar-refractivity contribution >= 4 is 22.6 Å². The highest BCUT2D eigenvalue weighted by Gasteiger charge is 2.39. The third-order valence-electron chi connectivity index (χ3n) is 3.96. The van der Waals surface area contributed by atoms with Crippen LogP contribution in [-0.2, 0) is 4.79 Å². The molecule has 0 radical (unpaired) electrons. The van der Waals surface area contributed by atoms with Gasteiger partial charge in [-0.2, -0.15) is 0 Å². The van der Waals surface area contributed by atoms with Crippen LogP contribution in [0.4, 0.5) is 4.39 Å². The van der Waals surface area contributed by atoms with E-state index in [2.05, 4.69) is 4.98 Å². The minimum absolute atomic E-state index is 0.0776. The van der Waals surface area contributed by atoms with Crippen LogP contribution in [0.25, 0.3) is 10.8 Å². The van der Waals surface area contributed by atoms with E-state index in [9.17, 15) is 14.0 Å². The number of likely N-dealkylation sites (tertiary alicyclic amines) is 1. The number of fused-ring (bicyclic) bond motifs is 1. The lowest BCUT2D eigenvalue weighted by Crippen LogP contribution is -2.44. The molecule has 1 aliphatic heterocycles. The number of nitrogens with zero attached hydrogens (tertiary/aromatic N) is 2. The van der Waals surface area contributed by atoms with Crippen LogP contribution < -0.4 is 10.5 Å². The molecule has 0 unspecified atom stereocenters. The average Bonchev–Trinajstić information content (AvgIpc) is 2.95. The number of amides is 2. The second-order valence-electron chi connectivity index (χ2n) is 5.45. The maximum atomic E-state index is 13.6. The van der Waals surface area contributed by atoms with Gasteiger partial charge in [-0.15, -0.1) is 0 Å². The second-order valence-corrected chi connectivity index (χ2v) is 5.45. The highest BCUT2D eigenvalue weighted by Crippen LogP contribution is 2.27. The van der Waals surface area contributed by atoms with Gasteiger partial charge in [-0.05, 0) is 17.5 Å². The lowest BCUT2D eigenvalue weighted by atomic mass is 10.1. The summed E-state index contributed by atoms with van der Waals surface area (Å²) < 4.78 is 18.8. The maximum Gasteiger partial charge on any atom is 0.273 e. The minimum Gasteiger partial charge on any atom is -0.481 e. The molecule has 6 nitrogen and oxygen atoms in total. The summed E-state index contributed by atoms with van der Waals surface area (Å²) in [6, 6.07) is 7.97. The summed E-state index contributed by atoms with van der Waals surface area (Å²) in [7, 11) is 1.46. The van der Waals surface area contributed by atoms with Gasteiger partial charge in [0.1, 0.15) is 17.9 Å². The standard InChI is InChI=1S/C16H16FN3O3/c1-23-15-11-5-3-2-4-9(11)6-12(19-15)16(22)20-8-10(17)7-13(20)14(18)21/h2-6,10,13H,7-8H2,1H3,(H2,18,21)/t10-,13+/m1/s1. The normalized spacial score (nSPS) is 20.7. The number of nitrogens with two attached hydrogens (primary N) is 1. The van der Waals surface area contributed by atoms with E-state index in [1.807, 2.05) is 24.3 Å². The topological polar surface area (TPSA) is 85.5 Å². The molecule has 7 heteroatoms. The molecular formula is C16H16FN3O3. The van der Waals surface area contributed by atoms with Crippen molar-refractivity contribution in [1.29, 1.82) is 0 Å². The summed E-state index contributed by atoms with van der Waals surface area (Å²) in [6.45, 7) is -0.163. The summed E-state index contributed by atoms with van der Waals surface area (Å²) >= 11 is 0. The number of benzene rings is 1. The van der Waals surface area contributed by atoms with Crippen LogP contribution in [0.5, 0.6) is 5.88 Å². The molecule has 2 N–H and O–H groups in total. The number of hydrogen-bond donors (Lipinski definition) is 1. The number of carbonyl (C=O) groups is 2. The number of methoxy groups -OCH3 is 1. The van der Waals surface area contributed by atoms with Gasteiger partial charge in [-0.25, -0.2) is 9.37 Å². The molecule has 1 aliphatic rings. The van der Waals surface area contributed by atoms with Crippen molar-refractivity contribution in [1.82, 2.24) is 9.88 Å². The Morgan fingerprint density at radius 3 is 2.83 bits per heavy atom. The monoisotopic (exact) mass is 317 g/mol. The van der Waals surface area contributed by atoms with Crippen LogP contribution >= 0.6 is 0 Å². The number of alkyl halides is 1. The van der Waals surface area contributed by atoms with Crippen molar-refractivity contribution in [3.8, 4) is 5.88 Å². The molecular weight excluding hydrogens is 301 g/mol. The van der Waals surface area contributed by atoms with E-state index in [0.29, 0.717) is 5.88 Å². The van der Waals surface area contributed by atoms with Gasteiger partial charge < -0.3 is 15.4 Å². The molecule has 0 aliphatic carbocycles. The van der Waals surface area contributed by atoms with E-state index in [-0.39, 0.29) is 18.7 Å². The highest BCUT2D eigenvalue weighted by atomic mass is 19.1. The molecule has 2 atom stereocenters. The van der Waals surface area contributed by atoms with Crippen molar-refractivity contribution in [3.63, 3.8) is 0 Å². The lowest BCUT2D eigenvalue weighted by molar-refractivity contribution is -0.121. The van der Waals surface area contributed by atoms with Gasteiger partial charge in [-0.3, -0.25) is 9.59 Å². The number of ether oxygens (including phenoxy) is 1. The quantitative estimate of drug-likeness (QED) is 0.924. The van der Waals surface area contributed by atoms with Crippen LogP contribution in [0.15, 0.2) is 30.3 Å². The van der Waals surface area contributed by atoms with Crippen molar-refractivity contribution in [2.75, 3.05) is 13.7 Å². The molecule has 3 rings (SSSR count). The van der Waals surface area contributed by atoms with Crippen LogP contribution in [0.1, 0.15) is 16.9 Å². The zero-order valence-electron chi connectivity index (χ0n) is 12.5. The van der Waals surface area contributed by atoms with Crippen molar-refractivity contribution in [2.24, 2.45) is 5.73 Å². The molecule has 1 aromatic carbocycles. The van der Waals surface area contributed by atoms with E-state index in [4.69, 9.17) is 10.5 Å². The second kappa shape index (κ2) is 5.83. The average molecular weight is 317 g/mol. The Balaban J connectivity index is 2.02. The predicted octanol–water partition coefficient (Wildman–Crippen LogP) is 1.28. The van der Waals surface area contributed by atoms with Crippen molar-refractivity contribution in [3.05, 3.63) is 36.0 Å². The third-order valence-corrected chi connectivity index (χ3v) is 3.96. The zero-order valence-corrected chi connectivity index (χ0v) is 12.5. The summed E-state index contributed by atoms with van der Waals surface area (Å²) in [6.07, 6.45) is -1.34. The van der Waals surface area contributed by atoms with E-state index < -0.39 is 24.0 Å². The Hall–Kier alpha value is -2.70.